The zero-order valence-corrected chi connectivity index (χ0v) is 46.2. The van der Waals surface area contributed by atoms with Crippen molar-refractivity contribution in [2.45, 2.75) is 103 Å². The third-order valence-corrected chi connectivity index (χ3v) is 12.7. The lowest BCUT2D eigenvalue weighted by Crippen LogP contribution is -2.54. The SMILES string of the molecule is CC[C@@H](NC(=O)c1cccc(CNC(=O)[C@H](CC(=O)OC(C)(C)C)NC(=O)OCC2c3ccccc3-c3ccccc32)c1)C(=O)N(C)[C@@H](CCCN=C(NC(=O)OCc1ccccc1)NC(=O)OCc1ccccc1)C(=O)NCC(=O)O. The summed E-state index contributed by atoms with van der Waals surface area (Å²) in [5.41, 5.74) is 5.08. The van der Waals surface area contributed by atoms with Gasteiger partial charge >= 0.3 is 30.2 Å². The minimum Gasteiger partial charge on any atom is -0.480 e. The van der Waals surface area contributed by atoms with Crippen LogP contribution in [0.5, 0.6) is 0 Å². The Morgan fingerprint density at radius 2 is 1.21 bits per heavy atom. The molecule has 3 atom stereocenters. The zero-order valence-electron chi connectivity index (χ0n) is 46.2. The number of carbonyl (C=O) groups is 9. The summed E-state index contributed by atoms with van der Waals surface area (Å²) in [6.07, 6.45) is -3.33. The van der Waals surface area contributed by atoms with Crippen molar-refractivity contribution in [2.75, 3.05) is 26.7 Å². The van der Waals surface area contributed by atoms with Gasteiger partial charge in [-0.05, 0) is 91.1 Å². The monoisotopic (exact) mass is 1120 g/mol. The van der Waals surface area contributed by atoms with Crippen LogP contribution < -0.4 is 31.9 Å². The third kappa shape index (κ3) is 19.1. The van der Waals surface area contributed by atoms with Gasteiger partial charge < -0.3 is 50.2 Å². The lowest BCUT2D eigenvalue weighted by molar-refractivity contribution is -0.156. The van der Waals surface area contributed by atoms with Gasteiger partial charge in [0.15, 0.2) is 0 Å². The normalized spacial score (nSPS) is 12.5. The van der Waals surface area contributed by atoms with Gasteiger partial charge in [-0.2, -0.15) is 0 Å². The average Bonchev–Trinajstić information content (AvgIpc) is 4.06. The summed E-state index contributed by atoms with van der Waals surface area (Å²) in [4.78, 5) is 124. The van der Waals surface area contributed by atoms with E-state index < -0.39 is 90.5 Å². The second-order valence-electron chi connectivity index (χ2n) is 20.0. The van der Waals surface area contributed by atoms with Crippen molar-refractivity contribution in [2.24, 2.45) is 4.99 Å². The Bertz CT molecular complexity index is 2990. The molecule has 0 saturated carbocycles. The molecule has 7 amide bonds. The minimum absolute atomic E-state index is 0.0396. The number of carbonyl (C=O) groups excluding carboxylic acids is 8. The van der Waals surface area contributed by atoms with Crippen LogP contribution in [0.15, 0.2) is 138 Å². The summed E-state index contributed by atoms with van der Waals surface area (Å²) in [5, 5.41) is 24.3. The predicted molar refractivity (Wildman–Crippen MR) is 301 cm³/mol. The van der Waals surface area contributed by atoms with Crippen molar-refractivity contribution < 1.29 is 67.2 Å². The highest BCUT2D eigenvalue weighted by Crippen LogP contribution is 2.44. The van der Waals surface area contributed by atoms with Gasteiger partial charge in [0.2, 0.25) is 23.7 Å². The van der Waals surface area contributed by atoms with Gasteiger partial charge in [-0.25, -0.2) is 14.4 Å². The van der Waals surface area contributed by atoms with E-state index in [4.69, 9.17) is 18.9 Å². The van der Waals surface area contributed by atoms with Gasteiger partial charge in [0.1, 0.15) is 50.1 Å². The van der Waals surface area contributed by atoms with Crippen LogP contribution in [0.3, 0.4) is 0 Å². The van der Waals surface area contributed by atoms with Crippen LogP contribution in [-0.2, 0) is 62.7 Å². The van der Waals surface area contributed by atoms with Crippen LogP contribution in [0, 0.1) is 0 Å². The molecule has 22 heteroatoms. The largest absolute Gasteiger partial charge is 0.480 e. The number of aliphatic carboxylic acids is 1. The van der Waals surface area contributed by atoms with Crippen molar-refractivity contribution in [1.82, 2.24) is 36.8 Å². The van der Waals surface area contributed by atoms with Gasteiger partial charge in [-0.3, -0.25) is 44.4 Å². The molecule has 0 fully saturated rings. The lowest BCUT2D eigenvalue weighted by atomic mass is 9.98. The van der Waals surface area contributed by atoms with Crippen LogP contribution in [0.4, 0.5) is 14.4 Å². The molecule has 7 N–H and O–H groups in total. The molecule has 0 spiro atoms. The number of benzene rings is 5. The minimum atomic E-state index is -1.41. The van der Waals surface area contributed by atoms with Crippen molar-refractivity contribution in [3.05, 3.63) is 167 Å². The summed E-state index contributed by atoms with van der Waals surface area (Å²) in [6, 6.07) is 35.6. The summed E-state index contributed by atoms with van der Waals surface area (Å²) >= 11 is 0. The molecule has 432 valence electrons. The van der Waals surface area contributed by atoms with Gasteiger partial charge in [0, 0.05) is 31.6 Å². The van der Waals surface area contributed by atoms with Crippen LogP contribution in [-0.4, -0.2) is 120 Å². The molecule has 0 radical (unpaired) electrons. The Labute approximate surface area is 474 Å². The number of rotatable bonds is 24. The number of hydrogen-bond acceptors (Lipinski definition) is 14. The first kappa shape index (κ1) is 61.6. The summed E-state index contributed by atoms with van der Waals surface area (Å²) < 4.78 is 21.7. The third-order valence-electron chi connectivity index (χ3n) is 12.7. The number of nitrogens with zero attached hydrogens (tertiary/aromatic N) is 2. The fourth-order valence-corrected chi connectivity index (χ4v) is 8.73. The molecule has 82 heavy (non-hydrogen) atoms. The van der Waals surface area contributed by atoms with E-state index in [1.165, 1.54) is 19.2 Å². The number of guanidine groups is 1. The molecule has 0 unspecified atom stereocenters. The van der Waals surface area contributed by atoms with Gasteiger partial charge in [0.25, 0.3) is 5.91 Å². The van der Waals surface area contributed by atoms with Crippen LogP contribution >= 0.6 is 0 Å². The van der Waals surface area contributed by atoms with E-state index >= 15 is 0 Å². The van der Waals surface area contributed by atoms with Gasteiger partial charge in [-0.15, -0.1) is 0 Å². The Hall–Kier alpha value is -9.60. The first-order chi connectivity index (χ1) is 39.3. The molecule has 0 heterocycles. The maximum absolute atomic E-state index is 14.1. The standard InChI is InChI=1S/C60H68N8O14/c1-6-47(55(75)68(5)49(54(74)63-34-50(69)70)29-18-30-61-56(66-58(77)79-35-38-19-9-7-10-20-38)67-59(78)80-36-39-21-11-8-12-22-39)64-52(72)41-24-17-23-40(31-41)33-62-53(73)48(32-51(71)82-60(2,3)4)65-57(76)81-37-46-44-27-15-13-25-42(44)43-26-14-16-28-45(43)46/h7-17,19-28,31,46-49H,6,18,29-30,32-37H2,1-5H3,(H,62,73)(H,63,74)(H,64,72)(H,65,76)(H,69,70)(H2,61,66,67,77,78)/t47-,48+,49+/m1/s1. The number of amides is 7. The maximum Gasteiger partial charge on any atom is 0.414 e. The van der Waals surface area contributed by atoms with E-state index in [1.54, 1.807) is 100 Å². The number of esters is 1. The maximum atomic E-state index is 14.1. The molecule has 5 aromatic rings. The smallest absolute Gasteiger partial charge is 0.414 e. The second kappa shape index (κ2) is 30.1. The summed E-state index contributed by atoms with van der Waals surface area (Å²) in [6.45, 7) is 5.37. The fraction of sp³-hybridized carbons (Fsp3) is 0.333. The Morgan fingerprint density at radius 1 is 0.646 bits per heavy atom. The van der Waals surface area contributed by atoms with E-state index in [2.05, 4.69) is 36.9 Å². The number of nitrogens with one attached hydrogen (secondary N) is 6. The van der Waals surface area contributed by atoms with Crippen LogP contribution in [0.25, 0.3) is 11.1 Å². The first-order valence-corrected chi connectivity index (χ1v) is 26.5. The second-order valence-corrected chi connectivity index (χ2v) is 20.0. The molecule has 1 aliphatic carbocycles. The number of ether oxygens (including phenoxy) is 4. The van der Waals surface area contributed by atoms with E-state index in [9.17, 15) is 48.3 Å². The molecule has 22 nitrogen and oxygen atoms in total. The molecule has 0 bridgehead atoms. The van der Waals surface area contributed by atoms with E-state index in [1.807, 2.05) is 48.5 Å². The van der Waals surface area contributed by atoms with Gasteiger partial charge in [-0.1, -0.05) is 128 Å². The Balaban J connectivity index is 1.07. The Morgan fingerprint density at radius 3 is 1.77 bits per heavy atom. The zero-order chi connectivity index (χ0) is 59.2. The molecule has 0 aliphatic heterocycles. The number of fused-ring (bicyclic) bond motifs is 3. The van der Waals surface area contributed by atoms with Crippen molar-refractivity contribution >= 4 is 59.8 Å². The van der Waals surface area contributed by atoms with Crippen LogP contribution in [0.1, 0.15) is 97.5 Å². The molecular formula is C60H68N8O14. The van der Waals surface area contributed by atoms with E-state index in [0.717, 1.165) is 27.2 Å². The quantitative estimate of drug-likeness (QED) is 0.0115. The van der Waals surface area contributed by atoms with Crippen molar-refractivity contribution in [1.29, 1.82) is 0 Å². The van der Waals surface area contributed by atoms with E-state index in [-0.39, 0.29) is 69.6 Å². The van der Waals surface area contributed by atoms with E-state index in [0.29, 0.717) is 16.7 Å². The highest BCUT2D eigenvalue weighted by Gasteiger charge is 2.34. The average molecular weight is 1130 g/mol. The number of carboxylic acids is 1. The molecule has 5 aromatic carbocycles. The fourth-order valence-electron chi connectivity index (χ4n) is 8.73. The molecular weight excluding hydrogens is 1060 g/mol. The molecule has 1 aliphatic rings. The highest BCUT2D eigenvalue weighted by molar-refractivity contribution is 6.01. The lowest BCUT2D eigenvalue weighted by Gasteiger charge is -2.30. The molecule has 0 saturated heterocycles. The van der Waals surface area contributed by atoms with Gasteiger partial charge in [0.05, 0.1) is 6.42 Å². The van der Waals surface area contributed by atoms with Crippen molar-refractivity contribution in [3.8, 4) is 11.1 Å². The molecule has 0 aromatic heterocycles. The number of carboxylic acid groups (broad SMARTS) is 1. The Kier molecular flexibility index (Phi) is 22.6. The number of aliphatic imine (C=N–C) groups is 1. The number of hydrogen-bond donors (Lipinski definition) is 7. The predicted octanol–water partition coefficient (Wildman–Crippen LogP) is 6.47. The van der Waals surface area contributed by atoms with Crippen LogP contribution in [0.2, 0.25) is 0 Å². The van der Waals surface area contributed by atoms with Crippen molar-refractivity contribution in [3.63, 3.8) is 0 Å². The summed E-state index contributed by atoms with van der Waals surface area (Å²) in [5.74, 6) is -5.60. The first-order valence-electron chi connectivity index (χ1n) is 26.5. The number of alkyl carbamates (subject to hydrolysis) is 3. The highest BCUT2D eigenvalue weighted by atomic mass is 16.6. The summed E-state index contributed by atoms with van der Waals surface area (Å²) in [7, 11) is 1.33. The molecule has 6 rings (SSSR count). The topological polar surface area (TPSA) is 299 Å². The number of likely N-dealkylation sites (N-methyl/N-ethyl adjacent to an activating group) is 1.